The maximum Gasteiger partial charge on any atom is 0.296 e. The van der Waals surface area contributed by atoms with E-state index >= 15 is 0 Å². The Balaban J connectivity index is 1.65. The Morgan fingerprint density at radius 3 is 2.15 bits per heavy atom. The molecule has 10 heteroatoms. The SMILES string of the molecule is Cc1ccc(S(=O)(=O)c2cccc3cc(S(=O)(=O)O)c(/N=N/c4ccc(C5CCCCC5)cc4C)c(O)c23)cc1. The minimum Gasteiger partial charge on any atom is -0.505 e. The number of aromatic hydroxyl groups is 1. The molecular formula is C30H30N2O6S2. The van der Waals surface area contributed by atoms with Crippen LogP contribution in [0.4, 0.5) is 11.4 Å². The molecule has 2 N–H and O–H groups in total. The molecule has 0 aliphatic heterocycles. The van der Waals surface area contributed by atoms with Gasteiger partial charge in [0.05, 0.1) is 15.5 Å². The first-order valence-electron chi connectivity index (χ1n) is 13.1. The van der Waals surface area contributed by atoms with Gasteiger partial charge in [0.1, 0.15) is 10.6 Å². The van der Waals surface area contributed by atoms with E-state index in [9.17, 15) is 26.5 Å². The summed E-state index contributed by atoms with van der Waals surface area (Å²) in [5.74, 6) is -0.223. The van der Waals surface area contributed by atoms with Crippen LogP contribution in [0.3, 0.4) is 0 Å². The largest absolute Gasteiger partial charge is 0.505 e. The Bertz CT molecular complexity index is 1840. The molecule has 0 aromatic heterocycles. The van der Waals surface area contributed by atoms with E-state index in [2.05, 4.69) is 10.2 Å². The van der Waals surface area contributed by atoms with Crippen molar-refractivity contribution in [1.82, 2.24) is 0 Å². The maximum atomic E-state index is 13.6. The first-order chi connectivity index (χ1) is 19.0. The van der Waals surface area contributed by atoms with Crippen molar-refractivity contribution in [3.63, 3.8) is 0 Å². The minimum atomic E-state index is -4.85. The summed E-state index contributed by atoms with van der Waals surface area (Å²) < 4.78 is 61.7. The number of hydrogen-bond acceptors (Lipinski definition) is 7. The normalized spacial score (nSPS) is 15.2. The van der Waals surface area contributed by atoms with Gasteiger partial charge in [0.2, 0.25) is 9.84 Å². The number of phenolic OH excluding ortho intramolecular Hbond substituents is 1. The fourth-order valence-electron chi connectivity index (χ4n) is 5.31. The monoisotopic (exact) mass is 578 g/mol. The summed E-state index contributed by atoms with van der Waals surface area (Å²) in [5, 5.41) is 19.5. The zero-order chi connectivity index (χ0) is 28.7. The number of fused-ring (bicyclic) bond motifs is 1. The zero-order valence-corrected chi connectivity index (χ0v) is 23.8. The average molecular weight is 579 g/mol. The van der Waals surface area contributed by atoms with Crippen molar-refractivity contribution in [2.45, 2.75) is 66.6 Å². The highest BCUT2D eigenvalue weighted by Gasteiger charge is 2.28. The standard InChI is InChI=1S/C30H30N2O6S2/c1-19-11-14-24(15-12-19)39(34,35)26-10-6-9-23-18-27(40(36,37)38)29(30(33)28(23)26)32-31-25-16-13-22(17-20(25)2)21-7-4-3-5-8-21/h6,9-18,21,33H,3-5,7-8H2,1-2H3,(H,36,37,38)/b32-31+. The van der Waals surface area contributed by atoms with E-state index in [4.69, 9.17) is 0 Å². The molecule has 208 valence electrons. The smallest absolute Gasteiger partial charge is 0.296 e. The molecule has 0 heterocycles. The lowest BCUT2D eigenvalue weighted by atomic mass is 9.83. The van der Waals surface area contributed by atoms with Crippen molar-refractivity contribution in [2.24, 2.45) is 10.2 Å². The van der Waals surface area contributed by atoms with Gasteiger partial charge in [-0.3, -0.25) is 4.55 Å². The number of hydrogen-bond donors (Lipinski definition) is 2. The van der Waals surface area contributed by atoms with Gasteiger partial charge < -0.3 is 5.11 Å². The quantitative estimate of drug-likeness (QED) is 0.178. The van der Waals surface area contributed by atoms with E-state index < -0.39 is 36.3 Å². The van der Waals surface area contributed by atoms with Crippen molar-refractivity contribution in [3.8, 4) is 5.75 Å². The number of aryl methyl sites for hydroxylation is 2. The molecule has 0 bridgehead atoms. The summed E-state index contributed by atoms with van der Waals surface area (Å²) >= 11 is 0. The molecule has 8 nitrogen and oxygen atoms in total. The molecule has 4 aromatic rings. The number of phenols is 1. The van der Waals surface area contributed by atoms with Crippen LogP contribution in [0.5, 0.6) is 5.75 Å². The lowest BCUT2D eigenvalue weighted by molar-refractivity contribution is 0.443. The third kappa shape index (κ3) is 5.39. The van der Waals surface area contributed by atoms with Gasteiger partial charge in [0, 0.05) is 5.39 Å². The van der Waals surface area contributed by atoms with Crippen molar-refractivity contribution in [1.29, 1.82) is 0 Å². The van der Waals surface area contributed by atoms with Gasteiger partial charge in [-0.15, -0.1) is 5.11 Å². The van der Waals surface area contributed by atoms with E-state index in [-0.39, 0.29) is 20.6 Å². The molecule has 0 spiro atoms. The molecule has 1 aliphatic rings. The highest BCUT2D eigenvalue weighted by molar-refractivity contribution is 7.91. The average Bonchev–Trinajstić information content (AvgIpc) is 2.93. The Morgan fingerprint density at radius 1 is 0.800 bits per heavy atom. The van der Waals surface area contributed by atoms with E-state index in [1.807, 2.05) is 26.0 Å². The maximum absolute atomic E-state index is 13.6. The number of benzene rings is 4. The zero-order valence-electron chi connectivity index (χ0n) is 22.2. The Morgan fingerprint density at radius 2 is 1.50 bits per heavy atom. The second-order valence-electron chi connectivity index (χ2n) is 10.3. The van der Waals surface area contributed by atoms with Crippen molar-refractivity contribution in [3.05, 3.63) is 83.4 Å². The number of rotatable bonds is 6. The summed E-state index contributed by atoms with van der Waals surface area (Å²) in [6, 6.07) is 17.4. The molecule has 0 radical (unpaired) electrons. The van der Waals surface area contributed by atoms with Gasteiger partial charge in [-0.25, -0.2) is 8.42 Å². The molecule has 0 unspecified atom stereocenters. The molecule has 0 atom stereocenters. The predicted octanol–water partition coefficient (Wildman–Crippen LogP) is 7.70. The first-order valence-corrected chi connectivity index (χ1v) is 16.0. The Labute approximate surface area is 234 Å². The van der Waals surface area contributed by atoms with E-state index in [1.54, 1.807) is 18.2 Å². The van der Waals surface area contributed by atoms with Gasteiger partial charge in [-0.1, -0.05) is 61.2 Å². The van der Waals surface area contributed by atoms with E-state index in [1.165, 1.54) is 55.2 Å². The summed E-state index contributed by atoms with van der Waals surface area (Å²) in [4.78, 5) is -0.888. The molecule has 40 heavy (non-hydrogen) atoms. The minimum absolute atomic E-state index is 0.0145. The molecule has 4 aromatic carbocycles. The lowest BCUT2D eigenvalue weighted by Crippen LogP contribution is -2.04. The van der Waals surface area contributed by atoms with Crippen LogP contribution in [-0.2, 0) is 20.0 Å². The fraction of sp³-hybridized carbons (Fsp3) is 0.267. The first kappa shape index (κ1) is 27.9. The molecule has 1 aliphatic carbocycles. The highest BCUT2D eigenvalue weighted by atomic mass is 32.2. The van der Waals surface area contributed by atoms with Gasteiger partial charge in [-0.2, -0.15) is 13.5 Å². The lowest BCUT2D eigenvalue weighted by Gasteiger charge is -2.22. The summed E-state index contributed by atoms with van der Waals surface area (Å²) in [7, 11) is -8.96. The summed E-state index contributed by atoms with van der Waals surface area (Å²) in [5.41, 5.74) is 2.83. The molecule has 1 saturated carbocycles. The highest BCUT2D eigenvalue weighted by Crippen LogP contribution is 2.45. The van der Waals surface area contributed by atoms with Crippen LogP contribution < -0.4 is 0 Å². The van der Waals surface area contributed by atoms with Gasteiger partial charge in [0.15, 0.2) is 5.75 Å². The van der Waals surface area contributed by atoms with Crippen LogP contribution in [0.15, 0.2) is 91.6 Å². The third-order valence-corrected chi connectivity index (χ3v) is 10.2. The molecule has 5 rings (SSSR count). The Kier molecular flexibility index (Phi) is 7.52. The molecule has 1 fully saturated rings. The van der Waals surface area contributed by atoms with Crippen molar-refractivity contribution in [2.75, 3.05) is 0 Å². The van der Waals surface area contributed by atoms with Gasteiger partial charge >= 0.3 is 0 Å². The topological polar surface area (TPSA) is 133 Å². The summed E-state index contributed by atoms with van der Waals surface area (Å²) in [6.45, 7) is 3.70. The van der Waals surface area contributed by atoms with Crippen LogP contribution in [0.1, 0.15) is 54.7 Å². The van der Waals surface area contributed by atoms with Crippen LogP contribution >= 0.6 is 0 Å². The van der Waals surface area contributed by atoms with Crippen LogP contribution in [0.25, 0.3) is 10.8 Å². The molecule has 0 saturated heterocycles. The Hall–Kier alpha value is -3.60. The second kappa shape index (κ2) is 10.8. The van der Waals surface area contributed by atoms with Crippen molar-refractivity contribution < 1.29 is 26.5 Å². The van der Waals surface area contributed by atoms with Crippen molar-refractivity contribution >= 4 is 42.1 Å². The summed E-state index contributed by atoms with van der Waals surface area (Å²) in [6.07, 6.45) is 5.92. The second-order valence-corrected chi connectivity index (χ2v) is 13.6. The van der Waals surface area contributed by atoms with Crippen LogP contribution in [-0.4, -0.2) is 26.5 Å². The van der Waals surface area contributed by atoms with Gasteiger partial charge in [0.25, 0.3) is 10.1 Å². The third-order valence-electron chi connectivity index (χ3n) is 7.49. The van der Waals surface area contributed by atoms with E-state index in [0.29, 0.717) is 11.6 Å². The predicted molar refractivity (Wildman–Crippen MR) is 153 cm³/mol. The van der Waals surface area contributed by atoms with Crippen LogP contribution in [0.2, 0.25) is 0 Å². The fourth-order valence-corrected chi connectivity index (χ4v) is 7.46. The van der Waals surface area contributed by atoms with Crippen LogP contribution in [0, 0.1) is 13.8 Å². The molecular weight excluding hydrogens is 548 g/mol. The number of azo groups is 1. The number of nitrogens with zero attached hydrogens (tertiary/aromatic N) is 2. The van der Waals surface area contributed by atoms with Gasteiger partial charge in [-0.05, 0) is 79.5 Å². The van der Waals surface area contributed by atoms with E-state index in [0.717, 1.165) is 30.0 Å². The number of sulfone groups is 1. The molecule has 0 amide bonds.